The fourth-order valence-corrected chi connectivity index (χ4v) is 1.33. The number of halogens is 2. The van der Waals surface area contributed by atoms with Crippen LogP contribution in [0.3, 0.4) is 0 Å². The molecule has 0 aliphatic rings. The number of rotatable bonds is 3. The van der Waals surface area contributed by atoms with Crippen LogP contribution in [0, 0.1) is 23.0 Å². The fraction of sp³-hybridized carbons (Fsp3) is 0.417. The molecule has 0 saturated carbocycles. The molecule has 0 bridgehead atoms. The Labute approximate surface area is 94.1 Å². The van der Waals surface area contributed by atoms with Crippen molar-refractivity contribution >= 4 is 0 Å². The molecule has 0 aliphatic carbocycles. The van der Waals surface area contributed by atoms with E-state index in [2.05, 4.69) is 6.07 Å². The summed E-state index contributed by atoms with van der Waals surface area (Å²) in [6.07, 6.45) is 0.225. The van der Waals surface area contributed by atoms with Crippen LogP contribution >= 0.6 is 0 Å². The van der Waals surface area contributed by atoms with Crippen LogP contribution in [0.4, 0.5) is 8.78 Å². The molecule has 1 aromatic carbocycles. The summed E-state index contributed by atoms with van der Waals surface area (Å²) in [4.78, 5) is 1.72. The lowest BCUT2D eigenvalue weighted by molar-refractivity contribution is 0.235. The van der Waals surface area contributed by atoms with Crippen molar-refractivity contribution in [2.24, 2.45) is 0 Å². The van der Waals surface area contributed by atoms with E-state index < -0.39 is 17.2 Å². The van der Waals surface area contributed by atoms with E-state index in [1.54, 1.807) is 25.9 Å². The van der Waals surface area contributed by atoms with Gasteiger partial charge >= 0.3 is 0 Å². The Kier molecular flexibility index (Phi) is 3.61. The highest BCUT2D eigenvalue weighted by molar-refractivity contribution is 5.23. The Balaban J connectivity index is 3.01. The van der Waals surface area contributed by atoms with Crippen LogP contribution in [0.2, 0.25) is 0 Å². The Hall–Kier alpha value is -1.47. The van der Waals surface area contributed by atoms with Gasteiger partial charge in [-0.05, 0) is 32.6 Å². The Bertz CT molecular complexity index is 424. The molecule has 0 fully saturated rings. The van der Waals surface area contributed by atoms with Gasteiger partial charge in [0.1, 0.15) is 17.2 Å². The lowest BCUT2D eigenvalue weighted by atomic mass is 9.93. The molecule has 0 amide bonds. The summed E-state index contributed by atoms with van der Waals surface area (Å²) in [5.41, 5.74) is -0.447. The first-order valence-electron chi connectivity index (χ1n) is 4.91. The molecule has 0 saturated heterocycles. The van der Waals surface area contributed by atoms with Gasteiger partial charge < -0.3 is 0 Å². The summed E-state index contributed by atoms with van der Waals surface area (Å²) in [5.74, 6) is -1.21. The Morgan fingerprint density at radius 1 is 1.38 bits per heavy atom. The molecule has 86 valence electrons. The molecular formula is C12H14F2N2. The van der Waals surface area contributed by atoms with E-state index in [0.29, 0.717) is 5.56 Å². The molecule has 2 nitrogen and oxygen atoms in total. The predicted molar refractivity (Wildman–Crippen MR) is 57.8 cm³/mol. The highest BCUT2D eigenvalue weighted by atomic mass is 19.1. The normalized spacial score (nSPS) is 14.6. The van der Waals surface area contributed by atoms with E-state index >= 15 is 0 Å². The molecule has 0 aliphatic heterocycles. The summed E-state index contributed by atoms with van der Waals surface area (Å²) in [5, 5.41) is 9.07. The zero-order valence-electron chi connectivity index (χ0n) is 9.59. The molecule has 0 N–H and O–H groups in total. The number of hydrogen-bond acceptors (Lipinski definition) is 2. The third-order valence-electron chi connectivity index (χ3n) is 2.78. The lowest BCUT2D eigenvalue weighted by Gasteiger charge is -2.29. The van der Waals surface area contributed by atoms with Crippen molar-refractivity contribution in [2.75, 3.05) is 14.1 Å². The highest BCUT2D eigenvalue weighted by Gasteiger charge is 2.28. The average Bonchev–Trinajstić information content (AvgIpc) is 2.22. The predicted octanol–water partition coefficient (Wildman–Crippen LogP) is 2.35. The lowest BCUT2D eigenvalue weighted by Crippen LogP contribution is -2.42. The first kappa shape index (κ1) is 12.6. The molecule has 1 unspecified atom stereocenters. The number of benzene rings is 1. The maximum atomic E-state index is 13.4. The van der Waals surface area contributed by atoms with Crippen molar-refractivity contribution in [1.82, 2.24) is 4.90 Å². The van der Waals surface area contributed by atoms with Gasteiger partial charge in [0.2, 0.25) is 0 Å². The van der Waals surface area contributed by atoms with E-state index in [-0.39, 0.29) is 6.42 Å². The second kappa shape index (κ2) is 4.58. The van der Waals surface area contributed by atoms with Gasteiger partial charge in [-0.2, -0.15) is 5.26 Å². The fourth-order valence-electron chi connectivity index (χ4n) is 1.33. The van der Waals surface area contributed by atoms with Crippen molar-refractivity contribution < 1.29 is 8.78 Å². The van der Waals surface area contributed by atoms with Crippen LogP contribution < -0.4 is 0 Å². The van der Waals surface area contributed by atoms with E-state index in [0.717, 1.165) is 6.07 Å². The van der Waals surface area contributed by atoms with E-state index in [9.17, 15) is 8.78 Å². The molecule has 16 heavy (non-hydrogen) atoms. The SMILES string of the molecule is CN(C)C(C)(C#N)Cc1ccc(F)cc1F. The molecule has 1 aromatic rings. The van der Waals surface area contributed by atoms with Crippen LogP contribution in [0.15, 0.2) is 18.2 Å². The molecule has 0 heterocycles. The van der Waals surface area contributed by atoms with Gasteiger partial charge in [-0.1, -0.05) is 6.07 Å². The van der Waals surface area contributed by atoms with Crippen molar-refractivity contribution in [3.63, 3.8) is 0 Å². The van der Waals surface area contributed by atoms with Crippen molar-refractivity contribution in [3.05, 3.63) is 35.4 Å². The summed E-state index contributed by atoms with van der Waals surface area (Å²) in [7, 11) is 3.51. The number of nitriles is 1. The minimum atomic E-state index is -0.793. The molecule has 0 spiro atoms. The van der Waals surface area contributed by atoms with Gasteiger partial charge in [-0.15, -0.1) is 0 Å². The monoisotopic (exact) mass is 224 g/mol. The third kappa shape index (κ3) is 2.56. The third-order valence-corrected chi connectivity index (χ3v) is 2.78. The number of hydrogen-bond donors (Lipinski definition) is 0. The summed E-state index contributed by atoms with van der Waals surface area (Å²) in [6, 6.07) is 5.55. The maximum absolute atomic E-state index is 13.4. The van der Waals surface area contributed by atoms with E-state index in [1.807, 2.05) is 0 Å². The van der Waals surface area contributed by atoms with Crippen LogP contribution in [0.25, 0.3) is 0 Å². The molecule has 4 heteroatoms. The van der Waals surface area contributed by atoms with Gasteiger partial charge in [0.25, 0.3) is 0 Å². The minimum Gasteiger partial charge on any atom is -0.292 e. The van der Waals surface area contributed by atoms with Gasteiger partial charge in [-0.3, -0.25) is 4.90 Å². The molecule has 0 radical (unpaired) electrons. The topological polar surface area (TPSA) is 27.0 Å². The maximum Gasteiger partial charge on any atom is 0.129 e. The Morgan fingerprint density at radius 2 is 2.00 bits per heavy atom. The van der Waals surface area contributed by atoms with Crippen LogP contribution in [0.1, 0.15) is 12.5 Å². The summed E-state index contributed by atoms with van der Waals surface area (Å²) < 4.78 is 26.1. The van der Waals surface area contributed by atoms with Crippen molar-refractivity contribution in [3.8, 4) is 6.07 Å². The number of likely N-dealkylation sites (N-methyl/N-ethyl adjacent to an activating group) is 1. The van der Waals surface area contributed by atoms with E-state index in [4.69, 9.17) is 5.26 Å². The summed E-state index contributed by atoms with van der Waals surface area (Å²) >= 11 is 0. The molecule has 1 rings (SSSR count). The minimum absolute atomic E-state index is 0.225. The van der Waals surface area contributed by atoms with E-state index in [1.165, 1.54) is 12.1 Å². The summed E-state index contributed by atoms with van der Waals surface area (Å²) in [6.45, 7) is 1.72. The largest absolute Gasteiger partial charge is 0.292 e. The quantitative estimate of drug-likeness (QED) is 0.788. The Morgan fingerprint density at radius 3 is 2.44 bits per heavy atom. The average molecular weight is 224 g/mol. The van der Waals surface area contributed by atoms with Crippen LogP contribution in [-0.4, -0.2) is 24.5 Å². The molecule has 1 atom stereocenters. The zero-order chi connectivity index (χ0) is 12.3. The smallest absolute Gasteiger partial charge is 0.129 e. The van der Waals surface area contributed by atoms with Gasteiger partial charge in [0.15, 0.2) is 0 Å². The highest BCUT2D eigenvalue weighted by Crippen LogP contribution is 2.20. The van der Waals surface area contributed by atoms with Gasteiger partial charge in [0.05, 0.1) is 6.07 Å². The molecule has 0 aromatic heterocycles. The van der Waals surface area contributed by atoms with Crippen molar-refractivity contribution in [2.45, 2.75) is 18.9 Å². The van der Waals surface area contributed by atoms with Crippen LogP contribution in [0.5, 0.6) is 0 Å². The zero-order valence-corrected chi connectivity index (χ0v) is 9.59. The standard InChI is InChI=1S/C12H14F2N2/c1-12(8-15,16(2)3)7-9-4-5-10(13)6-11(9)14/h4-6H,7H2,1-3H3. The first-order valence-corrected chi connectivity index (χ1v) is 4.91. The second-order valence-electron chi connectivity index (χ2n) is 4.19. The van der Waals surface area contributed by atoms with Crippen LogP contribution in [-0.2, 0) is 6.42 Å². The van der Waals surface area contributed by atoms with Gasteiger partial charge in [-0.25, -0.2) is 8.78 Å². The van der Waals surface area contributed by atoms with Gasteiger partial charge in [0, 0.05) is 12.5 Å². The number of nitrogens with zero attached hydrogens (tertiary/aromatic N) is 2. The second-order valence-corrected chi connectivity index (χ2v) is 4.19. The first-order chi connectivity index (χ1) is 7.39. The van der Waals surface area contributed by atoms with Crippen molar-refractivity contribution in [1.29, 1.82) is 5.26 Å². The molecular weight excluding hydrogens is 210 g/mol.